The number of benzene rings is 1. The van der Waals surface area contributed by atoms with E-state index in [2.05, 4.69) is 10.3 Å². The normalized spacial score (nSPS) is 12.0. The molecule has 17 heavy (non-hydrogen) atoms. The lowest BCUT2D eigenvalue weighted by molar-refractivity contribution is 0.496. The first-order valence-electron chi connectivity index (χ1n) is 5.11. The summed E-state index contributed by atoms with van der Waals surface area (Å²) >= 11 is 0. The van der Waals surface area contributed by atoms with E-state index in [9.17, 15) is 13.2 Å². The second-order valence-electron chi connectivity index (χ2n) is 3.99. The van der Waals surface area contributed by atoms with Crippen molar-refractivity contribution in [3.8, 4) is 0 Å². The van der Waals surface area contributed by atoms with Gasteiger partial charge in [-0.25, -0.2) is 13.2 Å². The van der Waals surface area contributed by atoms with E-state index >= 15 is 0 Å². The summed E-state index contributed by atoms with van der Waals surface area (Å²) in [5.74, 6) is -3.06. The van der Waals surface area contributed by atoms with Gasteiger partial charge in [-0.2, -0.15) is 0 Å². The Kier molecular flexibility index (Phi) is 4.37. The summed E-state index contributed by atoms with van der Waals surface area (Å²) in [5.41, 5.74) is 5.23. The molecule has 0 aliphatic heterocycles. The fraction of sp³-hybridized carbons (Fsp3) is 0.364. The van der Waals surface area contributed by atoms with Crippen molar-refractivity contribution in [3.05, 3.63) is 29.6 Å². The summed E-state index contributed by atoms with van der Waals surface area (Å²) in [4.78, 5) is 3.91. The summed E-state index contributed by atoms with van der Waals surface area (Å²) in [7, 11) is 0. The number of nitrogens with two attached hydrogens (primary N) is 1. The first-order valence-corrected chi connectivity index (χ1v) is 5.11. The Balaban J connectivity index is 2.81. The number of hydrogen-bond acceptors (Lipinski definition) is 1. The number of nitrogens with zero attached hydrogens (tertiary/aromatic N) is 1. The molecule has 0 aliphatic carbocycles. The second-order valence-corrected chi connectivity index (χ2v) is 3.99. The van der Waals surface area contributed by atoms with Crippen LogP contribution in [0.25, 0.3) is 0 Å². The summed E-state index contributed by atoms with van der Waals surface area (Å²) in [6.45, 7) is 4.34. The predicted molar refractivity (Wildman–Crippen MR) is 61.3 cm³/mol. The molecule has 0 radical (unpaired) electrons. The highest BCUT2D eigenvalue weighted by atomic mass is 19.2. The third-order valence-electron chi connectivity index (χ3n) is 1.90. The van der Waals surface area contributed by atoms with Crippen molar-refractivity contribution in [2.75, 3.05) is 11.9 Å². The molecule has 0 unspecified atom stereocenters. The Morgan fingerprint density at radius 3 is 2.41 bits per heavy atom. The van der Waals surface area contributed by atoms with Gasteiger partial charge in [0.15, 0.2) is 17.6 Å². The molecule has 3 N–H and O–H groups in total. The molecule has 1 rings (SSSR count). The molecule has 0 saturated heterocycles. The van der Waals surface area contributed by atoms with Crippen molar-refractivity contribution < 1.29 is 13.2 Å². The molecule has 1 aromatic carbocycles. The average Bonchev–Trinajstić information content (AvgIpc) is 2.23. The van der Waals surface area contributed by atoms with Crippen LogP contribution in [0.5, 0.6) is 0 Å². The van der Waals surface area contributed by atoms with Crippen LogP contribution in [0, 0.1) is 23.4 Å². The van der Waals surface area contributed by atoms with Crippen molar-refractivity contribution in [2.24, 2.45) is 16.6 Å². The van der Waals surface area contributed by atoms with Crippen LogP contribution in [0.15, 0.2) is 17.1 Å². The Morgan fingerprint density at radius 1 is 1.24 bits per heavy atom. The third kappa shape index (κ3) is 3.97. The van der Waals surface area contributed by atoms with Crippen LogP contribution in [0.1, 0.15) is 13.8 Å². The summed E-state index contributed by atoms with van der Waals surface area (Å²) in [6, 6.07) is 1.15. The van der Waals surface area contributed by atoms with Gasteiger partial charge in [0.25, 0.3) is 0 Å². The third-order valence-corrected chi connectivity index (χ3v) is 1.90. The summed E-state index contributed by atoms with van der Waals surface area (Å²) in [6.07, 6.45) is 0. The molecule has 0 saturated carbocycles. The molecule has 3 nitrogen and oxygen atoms in total. The number of rotatable bonds is 3. The number of guanidine groups is 1. The Labute approximate surface area is 97.5 Å². The van der Waals surface area contributed by atoms with Crippen LogP contribution in [0.4, 0.5) is 18.9 Å². The van der Waals surface area contributed by atoms with Gasteiger partial charge in [-0.05, 0) is 5.92 Å². The van der Waals surface area contributed by atoms with Crippen molar-refractivity contribution in [1.82, 2.24) is 0 Å². The Bertz CT molecular complexity index is 430. The molecule has 0 spiro atoms. The summed E-state index contributed by atoms with van der Waals surface area (Å²) in [5, 5.41) is 2.38. The zero-order valence-electron chi connectivity index (χ0n) is 9.60. The lowest BCUT2D eigenvalue weighted by Gasteiger charge is -2.08. The monoisotopic (exact) mass is 245 g/mol. The molecular formula is C11H14F3N3. The maximum Gasteiger partial charge on any atom is 0.193 e. The second kappa shape index (κ2) is 5.56. The molecule has 94 valence electrons. The quantitative estimate of drug-likeness (QED) is 0.488. The lowest BCUT2D eigenvalue weighted by Crippen LogP contribution is -2.24. The van der Waals surface area contributed by atoms with E-state index in [1.165, 1.54) is 0 Å². The molecule has 6 heteroatoms. The Hall–Kier alpha value is -1.72. The summed E-state index contributed by atoms with van der Waals surface area (Å²) < 4.78 is 38.7. The van der Waals surface area contributed by atoms with E-state index < -0.39 is 17.5 Å². The fourth-order valence-corrected chi connectivity index (χ4v) is 1.08. The van der Waals surface area contributed by atoms with Crippen LogP contribution in [-0.2, 0) is 0 Å². The number of halogens is 3. The van der Waals surface area contributed by atoms with Crippen LogP contribution in [-0.4, -0.2) is 12.5 Å². The standard InChI is InChI=1S/C11H14F3N3/c1-6(2)5-16-11(15)17-10-4-8(13)7(12)3-9(10)14/h3-4,6H,5H2,1-2H3,(H3,15,16,17). The van der Waals surface area contributed by atoms with Gasteiger partial charge >= 0.3 is 0 Å². The largest absolute Gasteiger partial charge is 0.370 e. The minimum atomic E-state index is -1.24. The van der Waals surface area contributed by atoms with Gasteiger partial charge in [-0.15, -0.1) is 0 Å². The molecule has 0 fully saturated rings. The van der Waals surface area contributed by atoms with E-state index in [1.807, 2.05) is 13.8 Å². The zero-order valence-corrected chi connectivity index (χ0v) is 9.60. The number of hydrogen-bond donors (Lipinski definition) is 2. The lowest BCUT2D eigenvalue weighted by atomic mass is 10.2. The predicted octanol–water partition coefficient (Wildman–Crippen LogP) is 2.49. The molecule has 1 aromatic rings. The first kappa shape index (κ1) is 13.3. The molecule has 0 bridgehead atoms. The maximum atomic E-state index is 13.2. The smallest absolute Gasteiger partial charge is 0.193 e. The SMILES string of the molecule is CC(C)CN=C(N)Nc1cc(F)c(F)cc1F. The van der Waals surface area contributed by atoms with Gasteiger partial charge in [-0.1, -0.05) is 13.8 Å². The highest BCUT2D eigenvalue weighted by Gasteiger charge is 2.10. The topological polar surface area (TPSA) is 50.4 Å². The molecule has 0 atom stereocenters. The van der Waals surface area contributed by atoms with Crippen LogP contribution < -0.4 is 11.1 Å². The van der Waals surface area contributed by atoms with Gasteiger partial charge in [0, 0.05) is 18.7 Å². The van der Waals surface area contributed by atoms with Gasteiger partial charge < -0.3 is 11.1 Å². The molecular weight excluding hydrogens is 231 g/mol. The first-order chi connectivity index (χ1) is 7.90. The zero-order chi connectivity index (χ0) is 13.0. The van der Waals surface area contributed by atoms with Gasteiger partial charge in [0.1, 0.15) is 5.82 Å². The minimum Gasteiger partial charge on any atom is -0.370 e. The van der Waals surface area contributed by atoms with Crippen molar-refractivity contribution in [2.45, 2.75) is 13.8 Å². The van der Waals surface area contributed by atoms with Crippen molar-refractivity contribution in [3.63, 3.8) is 0 Å². The van der Waals surface area contributed by atoms with Crippen molar-refractivity contribution in [1.29, 1.82) is 0 Å². The van der Waals surface area contributed by atoms with Gasteiger partial charge in [-0.3, -0.25) is 4.99 Å². The minimum absolute atomic E-state index is 0.0383. The van der Waals surface area contributed by atoms with E-state index in [1.54, 1.807) is 0 Å². The van der Waals surface area contributed by atoms with Crippen LogP contribution in [0.3, 0.4) is 0 Å². The van der Waals surface area contributed by atoms with E-state index in [0.29, 0.717) is 24.6 Å². The highest BCUT2D eigenvalue weighted by molar-refractivity contribution is 5.92. The van der Waals surface area contributed by atoms with Crippen LogP contribution in [0.2, 0.25) is 0 Å². The molecule has 0 aliphatic rings. The number of nitrogens with one attached hydrogen (secondary N) is 1. The number of aliphatic imine (C=N–C) groups is 1. The van der Waals surface area contributed by atoms with E-state index in [0.717, 1.165) is 0 Å². The maximum absolute atomic E-state index is 13.2. The molecule has 0 aromatic heterocycles. The van der Waals surface area contributed by atoms with Gasteiger partial charge in [0.05, 0.1) is 5.69 Å². The molecule has 0 heterocycles. The molecule has 0 amide bonds. The Morgan fingerprint density at radius 2 is 1.82 bits per heavy atom. The fourth-order valence-electron chi connectivity index (χ4n) is 1.08. The van der Waals surface area contributed by atoms with Crippen LogP contribution >= 0.6 is 0 Å². The van der Waals surface area contributed by atoms with E-state index in [4.69, 9.17) is 5.73 Å². The number of anilines is 1. The van der Waals surface area contributed by atoms with Crippen molar-refractivity contribution >= 4 is 11.6 Å². The van der Waals surface area contributed by atoms with Gasteiger partial charge in [0.2, 0.25) is 0 Å². The highest BCUT2D eigenvalue weighted by Crippen LogP contribution is 2.17. The average molecular weight is 245 g/mol. The van der Waals surface area contributed by atoms with E-state index in [-0.39, 0.29) is 11.6 Å².